The van der Waals surface area contributed by atoms with Crippen LogP contribution in [-0.4, -0.2) is 46.9 Å². The Morgan fingerprint density at radius 3 is 2.30 bits per heavy atom. The number of aromatic nitrogens is 1. The number of piperazine rings is 1. The largest absolute Gasteiger partial charge is 0.336 e. The van der Waals surface area contributed by atoms with Crippen LogP contribution in [0.5, 0.6) is 0 Å². The highest BCUT2D eigenvalue weighted by molar-refractivity contribution is 7.09. The molecule has 4 rings (SSSR count). The third-order valence-electron chi connectivity index (χ3n) is 5.60. The van der Waals surface area contributed by atoms with Crippen molar-refractivity contribution in [3.05, 3.63) is 74.1 Å². The van der Waals surface area contributed by atoms with Crippen LogP contribution in [0.25, 0.3) is 11.3 Å². The summed E-state index contributed by atoms with van der Waals surface area (Å²) < 4.78 is 0. The topological polar surface area (TPSA) is 36.4 Å². The third-order valence-corrected chi connectivity index (χ3v) is 6.69. The number of thiazole rings is 1. The van der Waals surface area contributed by atoms with Gasteiger partial charge in [0.25, 0.3) is 5.91 Å². The molecule has 1 fully saturated rings. The third kappa shape index (κ3) is 4.59. The Kier molecular flexibility index (Phi) is 6.23. The molecule has 1 amide bonds. The molecule has 0 aliphatic carbocycles. The van der Waals surface area contributed by atoms with Crippen LogP contribution in [0.3, 0.4) is 0 Å². The molecule has 0 radical (unpaired) electrons. The van der Waals surface area contributed by atoms with E-state index in [1.54, 1.807) is 11.3 Å². The van der Waals surface area contributed by atoms with Gasteiger partial charge in [-0.3, -0.25) is 9.69 Å². The first-order valence-electron chi connectivity index (χ1n) is 10.2. The predicted octanol–water partition coefficient (Wildman–Crippen LogP) is 5.35. The Morgan fingerprint density at radius 2 is 1.67 bits per heavy atom. The molecule has 0 saturated carbocycles. The molecular weight excluding hydrogens is 414 g/mol. The van der Waals surface area contributed by atoms with E-state index in [1.807, 2.05) is 43.0 Å². The van der Waals surface area contributed by atoms with E-state index in [-0.39, 0.29) is 5.91 Å². The van der Waals surface area contributed by atoms with Crippen LogP contribution in [0.2, 0.25) is 5.02 Å². The first kappa shape index (κ1) is 21.0. The van der Waals surface area contributed by atoms with E-state index >= 15 is 0 Å². The molecule has 156 valence electrons. The van der Waals surface area contributed by atoms with Gasteiger partial charge in [0.05, 0.1) is 12.2 Å². The second-order valence-corrected chi connectivity index (χ2v) is 9.35. The van der Waals surface area contributed by atoms with E-state index in [0.29, 0.717) is 0 Å². The molecule has 6 heteroatoms. The van der Waals surface area contributed by atoms with E-state index in [2.05, 4.69) is 29.3 Å². The second kappa shape index (κ2) is 8.88. The van der Waals surface area contributed by atoms with Crippen molar-refractivity contribution in [2.24, 2.45) is 0 Å². The summed E-state index contributed by atoms with van der Waals surface area (Å²) in [6.45, 7) is 10.2. The molecule has 0 bridgehead atoms. The van der Waals surface area contributed by atoms with Crippen LogP contribution in [0, 0.1) is 20.8 Å². The Bertz CT molecular complexity index is 1030. The average molecular weight is 440 g/mol. The van der Waals surface area contributed by atoms with Gasteiger partial charge < -0.3 is 4.90 Å². The maximum atomic E-state index is 13.1. The molecule has 1 aliphatic rings. The van der Waals surface area contributed by atoms with Gasteiger partial charge in [0.15, 0.2) is 0 Å². The van der Waals surface area contributed by atoms with Crippen molar-refractivity contribution < 1.29 is 4.79 Å². The van der Waals surface area contributed by atoms with Crippen molar-refractivity contribution in [2.45, 2.75) is 27.3 Å². The highest BCUT2D eigenvalue weighted by Crippen LogP contribution is 2.25. The summed E-state index contributed by atoms with van der Waals surface area (Å²) in [5.74, 6) is 0.156. The van der Waals surface area contributed by atoms with Crippen LogP contribution in [0.15, 0.2) is 41.8 Å². The Labute approximate surface area is 187 Å². The van der Waals surface area contributed by atoms with Gasteiger partial charge in [0.2, 0.25) is 0 Å². The lowest BCUT2D eigenvalue weighted by atomic mass is 9.98. The smallest absolute Gasteiger partial charge is 0.254 e. The highest BCUT2D eigenvalue weighted by atomic mass is 35.5. The summed E-state index contributed by atoms with van der Waals surface area (Å²) in [6, 6.07) is 12.0. The minimum Gasteiger partial charge on any atom is -0.336 e. The fourth-order valence-corrected chi connectivity index (χ4v) is 5.08. The van der Waals surface area contributed by atoms with Crippen LogP contribution in [0.4, 0.5) is 0 Å². The molecule has 0 N–H and O–H groups in total. The lowest BCUT2D eigenvalue weighted by Gasteiger charge is -2.34. The van der Waals surface area contributed by atoms with Crippen LogP contribution in [-0.2, 0) is 6.54 Å². The van der Waals surface area contributed by atoms with Crippen LogP contribution >= 0.6 is 22.9 Å². The van der Waals surface area contributed by atoms with Gasteiger partial charge in [0, 0.05) is 47.7 Å². The van der Waals surface area contributed by atoms with E-state index in [9.17, 15) is 4.79 Å². The SMILES string of the molecule is Cc1cc(C)c(C(=O)N2CCN(Cc3nc(-c4ccc(Cl)cc4)cs3)CC2)c(C)c1. The molecule has 3 aromatic rings. The first-order chi connectivity index (χ1) is 14.4. The molecule has 1 aliphatic heterocycles. The minimum atomic E-state index is 0.156. The summed E-state index contributed by atoms with van der Waals surface area (Å²) in [4.78, 5) is 22.2. The van der Waals surface area contributed by atoms with Crippen molar-refractivity contribution in [3.63, 3.8) is 0 Å². The molecule has 4 nitrogen and oxygen atoms in total. The van der Waals surface area contributed by atoms with Gasteiger partial charge in [-0.1, -0.05) is 41.4 Å². The molecule has 0 atom stereocenters. The number of nitrogens with zero attached hydrogens (tertiary/aromatic N) is 3. The molecule has 2 aromatic carbocycles. The van der Waals surface area contributed by atoms with Gasteiger partial charge in [-0.15, -0.1) is 11.3 Å². The Hall–Kier alpha value is -2.21. The van der Waals surface area contributed by atoms with Gasteiger partial charge in [0.1, 0.15) is 5.01 Å². The van der Waals surface area contributed by atoms with E-state index < -0.39 is 0 Å². The number of hydrogen-bond donors (Lipinski definition) is 0. The number of carbonyl (C=O) groups excluding carboxylic acids is 1. The number of carbonyl (C=O) groups is 1. The maximum absolute atomic E-state index is 13.1. The Morgan fingerprint density at radius 1 is 1.03 bits per heavy atom. The molecule has 1 aromatic heterocycles. The molecule has 30 heavy (non-hydrogen) atoms. The van der Waals surface area contributed by atoms with Crippen molar-refractivity contribution in [1.82, 2.24) is 14.8 Å². The van der Waals surface area contributed by atoms with Crippen molar-refractivity contribution in [3.8, 4) is 11.3 Å². The molecule has 1 saturated heterocycles. The lowest BCUT2D eigenvalue weighted by Crippen LogP contribution is -2.48. The van der Waals surface area contributed by atoms with E-state index in [0.717, 1.165) is 70.7 Å². The zero-order valence-corrected chi connectivity index (χ0v) is 19.2. The Balaban J connectivity index is 1.36. The van der Waals surface area contributed by atoms with Crippen molar-refractivity contribution in [2.75, 3.05) is 26.2 Å². The van der Waals surface area contributed by atoms with Gasteiger partial charge >= 0.3 is 0 Å². The quantitative estimate of drug-likeness (QED) is 0.550. The molecule has 0 unspecified atom stereocenters. The summed E-state index contributed by atoms with van der Waals surface area (Å²) >= 11 is 7.66. The molecule has 2 heterocycles. The number of rotatable bonds is 4. The monoisotopic (exact) mass is 439 g/mol. The zero-order valence-electron chi connectivity index (χ0n) is 17.6. The highest BCUT2D eigenvalue weighted by Gasteiger charge is 2.25. The van der Waals surface area contributed by atoms with Gasteiger partial charge in [-0.25, -0.2) is 4.98 Å². The average Bonchev–Trinajstić information content (AvgIpc) is 3.16. The van der Waals surface area contributed by atoms with Crippen LogP contribution in [0.1, 0.15) is 32.1 Å². The summed E-state index contributed by atoms with van der Waals surface area (Å²) in [5.41, 5.74) is 6.27. The maximum Gasteiger partial charge on any atom is 0.254 e. The number of amides is 1. The zero-order chi connectivity index (χ0) is 21.3. The minimum absolute atomic E-state index is 0.156. The molecular formula is C24H26ClN3OS. The molecule has 0 spiro atoms. The summed E-state index contributed by atoms with van der Waals surface area (Å²) in [7, 11) is 0. The number of hydrogen-bond acceptors (Lipinski definition) is 4. The van der Waals surface area contributed by atoms with Crippen LogP contribution < -0.4 is 0 Å². The fourth-order valence-electron chi connectivity index (χ4n) is 4.11. The fraction of sp³-hybridized carbons (Fsp3) is 0.333. The van der Waals surface area contributed by atoms with Gasteiger partial charge in [-0.05, 0) is 44.0 Å². The van der Waals surface area contributed by atoms with Crippen molar-refractivity contribution >= 4 is 28.8 Å². The normalized spacial score (nSPS) is 14.9. The van der Waals surface area contributed by atoms with Crippen molar-refractivity contribution in [1.29, 1.82) is 0 Å². The van der Waals surface area contributed by atoms with Gasteiger partial charge in [-0.2, -0.15) is 0 Å². The standard InChI is InChI=1S/C24H26ClN3OS/c1-16-12-17(2)23(18(3)13-16)24(29)28-10-8-27(9-11-28)14-22-26-21(15-30-22)19-4-6-20(25)7-5-19/h4-7,12-13,15H,8-11,14H2,1-3H3. The number of aryl methyl sites for hydroxylation is 3. The second-order valence-electron chi connectivity index (χ2n) is 7.98. The van der Waals surface area contributed by atoms with E-state index in [1.165, 1.54) is 5.56 Å². The summed E-state index contributed by atoms with van der Waals surface area (Å²) in [5, 5.41) is 3.93. The lowest BCUT2D eigenvalue weighted by molar-refractivity contribution is 0.0627. The number of benzene rings is 2. The summed E-state index contributed by atoms with van der Waals surface area (Å²) in [6.07, 6.45) is 0. The van der Waals surface area contributed by atoms with E-state index in [4.69, 9.17) is 16.6 Å². The first-order valence-corrected chi connectivity index (χ1v) is 11.5. The number of halogens is 1. The predicted molar refractivity (Wildman–Crippen MR) is 124 cm³/mol.